The monoisotopic (exact) mass is 504 g/mol. The van der Waals surface area contributed by atoms with Crippen LogP contribution in [0.4, 0.5) is 10.1 Å². The maximum atomic E-state index is 14.4. The highest BCUT2D eigenvalue weighted by atomic mass is 32.2. The fourth-order valence-electron chi connectivity index (χ4n) is 4.65. The van der Waals surface area contributed by atoms with Gasteiger partial charge in [-0.1, -0.05) is 38.1 Å². The maximum Gasteiger partial charge on any atom is 0.303 e. The minimum Gasteiger partial charge on any atom is -0.352 e. The van der Waals surface area contributed by atoms with Crippen molar-refractivity contribution < 1.29 is 17.6 Å². The van der Waals surface area contributed by atoms with E-state index in [1.807, 2.05) is 0 Å². The molecule has 0 unspecified atom stereocenters. The van der Waals surface area contributed by atoms with Gasteiger partial charge in [0.1, 0.15) is 5.82 Å². The zero-order valence-electron chi connectivity index (χ0n) is 21.1. The smallest absolute Gasteiger partial charge is 0.303 e. The number of nitrogens with one attached hydrogen (secondary N) is 1. The van der Waals surface area contributed by atoms with Crippen molar-refractivity contribution in [2.75, 3.05) is 44.6 Å². The van der Waals surface area contributed by atoms with Crippen LogP contribution >= 0.6 is 0 Å². The minimum atomic E-state index is -3.93. The first-order valence-electron chi connectivity index (χ1n) is 12.1. The summed E-state index contributed by atoms with van der Waals surface area (Å²) in [5.41, 5.74) is 1.12. The third kappa shape index (κ3) is 7.25. The van der Waals surface area contributed by atoms with Crippen molar-refractivity contribution in [3.05, 3.63) is 65.5 Å². The largest absolute Gasteiger partial charge is 0.352 e. The number of para-hydroxylation sites is 1. The third-order valence-electron chi connectivity index (χ3n) is 6.28. The highest BCUT2D eigenvalue weighted by Crippen LogP contribution is 2.25. The van der Waals surface area contributed by atoms with Gasteiger partial charge < -0.3 is 10.2 Å². The molecule has 2 aromatic carbocycles. The maximum absolute atomic E-state index is 14.4. The molecule has 192 valence electrons. The number of hydrogen-bond acceptors (Lipinski definition) is 4. The molecule has 1 amide bonds. The Hall–Kier alpha value is -2.49. The van der Waals surface area contributed by atoms with E-state index in [1.165, 1.54) is 38.7 Å². The zero-order chi connectivity index (χ0) is 25.6. The summed E-state index contributed by atoms with van der Waals surface area (Å²) in [6.07, 6.45) is 2.17. The van der Waals surface area contributed by atoms with Crippen molar-refractivity contribution in [2.24, 2.45) is 11.8 Å². The van der Waals surface area contributed by atoms with Crippen molar-refractivity contribution in [3.63, 3.8) is 0 Å². The molecule has 9 heteroatoms. The van der Waals surface area contributed by atoms with Crippen LogP contribution in [-0.2, 0) is 16.8 Å². The molecule has 1 aliphatic rings. The number of hydrogen-bond donors (Lipinski definition) is 1. The van der Waals surface area contributed by atoms with Gasteiger partial charge in [0.05, 0.1) is 12.2 Å². The number of rotatable bonds is 10. The van der Waals surface area contributed by atoms with Crippen molar-refractivity contribution in [1.29, 1.82) is 0 Å². The molecule has 3 rings (SSSR count). The van der Waals surface area contributed by atoms with Gasteiger partial charge in [-0.25, -0.2) is 4.39 Å². The Morgan fingerprint density at radius 2 is 1.69 bits per heavy atom. The first-order valence-corrected chi connectivity index (χ1v) is 13.5. The van der Waals surface area contributed by atoms with E-state index in [1.54, 1.807) is 30.3 Å². The summed E-state index contributed by atoms with van der Waals surface area (Å²) < 4.78 is 42.3. The van der Waals surface area contributed by atoms with Crippen molar-refractivity contribution >= 4 is 21.8 Å². The van der Waals surface area contributed by atoms with Crippen LogP contribution in [-0.4, -0.2) is 63.8 Å². The zero-order valence-corrected chi connectivity index (χ0v) is 21.9. The molecule has 1 saturated heterocycles. The van der Waals surface area contributed by atoms with Gasteiger partial charge in [-0.05, 0) is 61.1 Å². The van der Waals surface area contributed by atoms with Crippen LogP contribution in [0.15, 0.2) is 48.5 Å². The van der Waals surface area contributed by atoms with E-state index < -0.39 is 16.0 Å². The molecular formula is C26H37FN4O3S. The van der Waals surface area contributed by atoms with E-state index in [4.69, 9.17) is 0 Å². The first-order chi connectivity index (χ1) is 16.6. The fraction of sp³-hybridized carbons (Fsp3) is 0.500. The number of anilines is 1. The summed E-state index contributed by atoms with van der Waals surface area (Å²) in [6.45, 7) is 8.33. The second-order valence-electron chi connectivity index (χ2n) is 9.76. The second kappa shape index (κ2) is 12.0. The normalized spacial score (nSPS) is 19.0. The Morgan fingerprint density at radius 3 is 2.29 bits per heavy atom. The number of halogens is 1. The van der Waals surface area contributed by atoms with E-state index in [0.29, 0.717) is 29.5 Å². The van der Waals surface area contributed by atoms with Crippen molar-refractivity contribution in [1.82, 2.24) is 14.5 Å². The quantitative estimate of drug-likeness (QED) is 0.501. The lowest BCUT2D eigenvalue weighted by Gasteiger charge is -2.34. The Bertz CT molecular complexity index is 1080. The van der Waals surface area contributed by atoms with Gasteiger partial charge in [0, 0.05) is 39.3 Å². The summed E-state index contributed by atoms with van der Waals surface area (Å²) >= 11 is 0. The summed E-state index contributed by atoms with van der Waals surface area (Å²) in [5, 5.41) is 2.97. The number of amides is 1. The summed E-state index contributed by atoms with van der Waals surface area (Å²) in [4.78, 5) is 15.0. The standard InChI is InChI=1S/C26H37FN4O3S/c1-20-16-21(2)18-30(17-20)15-7-14-28-26(32)23-12-10-22(11-13-23)19-31(35(33,34)29(3)4)25-9-6-5-8-24(25)27/h5-6,8-13,20-21H,7,14-19H2,1-4H3,(H,28,32)/t20-,21-/m0/s1. The van der Waals surface area contributed by atoms with E-state index in [2.05, 4.69) is 24.1 Å². The van der Waals surface area contributed by atoms with Gasteiger partial charge >= 0.3 is 10.2 Å². The summed E-state index contributed by atoms with van der Waals surface area (Å²) in [6, 6.07) is 12.5. The second-order valence-corrected chi connectivity index (χ2v) is 11.8. The van der Waals surface area contributed by atoms with Crippen LogP contribution in [0.25, 0.3) is 0 Å². The van der Waals surface area contributed by atoms with E-state index in [9.17, 15) is 17.6 Å². The van der Waals surface area contributed by atoms with Crippen LogP contribution < -0.4 is 9.62 Å². The molecule has 0 aliphatic carbocycles. The average molecular weight is 505 g/mol. The number of benzene rings is 2. The van der Waals surface area contributed by atoms with Crippen LogP contribution in [0.2, 0.25) is 0 Å². The molecule has 7 nitrogen and oxygen atoms in total. The highest BCUT2D eigenvalue weighted by Gasteiger charge is 2.27. The highest BCUT2D eigenvalue weighted by molar-refractivity contribution is 7.90. The van der Waals surface area contributed by atoms with Crippen molar-refractivity contribution in [2.45, 2.75) is 33.2 Å². The SMILES string of the molecule is C[C@H]1C[C@H](C)CN(CCCNC(=O)c2ccc(CN(c3ccccc3F)S(=O)(=O)N(C)C)cc2)C1. The lowest BCUT2D eigenvalue weighted by molar-refractivity contribution is 0.0947. The predicted octanol–water partition coefficient (Wildman–Crippen LogP) is 3.74. The molecule has 1 fully saturated rings. The molecule has 1 heterocycles. The van der Waals surface area contributed by atoms with E-state index >= 15 is 0 Å². The summed E-state index contributed by atoms with van der Waals surface area (Å²) in [5.74, 6) is 0.647. The van der Waals surface area contributed by atoms with Crippen LogP contribution in [0.5, 0.6) is 0 Å². The molecule has 2 atom stereocenters. The van der Waals surface area contributed by atoms with Crippen LogP contribution in [0, 0.1) is 17.7 Å². The number of carbonyl (C=O) groups excluding carboxylic acids is 1. The van der Waals surface area contributed by atoms with Gasteiger partial charge in [-0.2, -0.15) is 12.7 Å². The van der Waals surface area contributed by atoms with Gasteiger partial charge in [0.15, 0.2) is 0 Å². The molecule has 2 aromatic rings. The summed E-state index contributed by atoms with van der Waals surface area (Å²) in [7, 11) is -1.12. The number of carbonyl (C=O) groups is 1. The topological polar surface area (TPSA) is 73.0 Å². The third-order valence-corrected chi connectivity index (χ3v) is 8.09. The van der Waals surface area contributed by atoms with E-state index in [0.717, 1.165) is 34.7 Å². The molecule has 0 bridgehead atoms. The van der Waals surface area contributed by atoms with Gasteiger partial charge in [0.2, 0.25) is 0 Å². The van der Waals surface area contributed by atoms with E-state index in [-0.39, 0.29) is 18.1 Å². The van der Waals surface area contributed by atoms with Crippen molar-refractivity contribution in [3.8, 4) is 0 Å². The Morgan fingerprint density at radius 1 is 1.06 bits per heavy atom. The fourth-order valence-corrected chi connectivity index (χ4v) is 5.75. The molecule has 0 aromatic heterocycles. The molecule has 0 radical (unpaired) electrons. The number of nitrogens with zero attached hydrogens (tertiary/aromatic N) is 3. The Labute approximate surface area is 209 Å². The molecule has 0 saturated carbocycles. The lowest BCUT2D eigenvalue weighted by Crippen LogP contribution is -2.40. The van der Waals surface area contributed by atoms with Gasteiger partial charge in [-0.3, -0.25) is 9.10 Å². The van der Waals surface area contributed by atoms with Crippen LogP contribution in [0.3, 0.4) is 0 Å². The molecule has 1 aliphatic heterocycles. The van der Waals surface area contributed by atoms with Crippen LogP contribution in [0.1, 0.15) is 42.6 Å². The minimum absolute atomic E-state index is 0.0273. The molecule has 0 spiro atoms. The predicted molar refractivity (Wildman–Crippen MR) is 138 cm³/mol. The first kappa shape index (κ1) is 27.1. The number of likely N-dealkylation sites (tertiary alicyclic amines) is 1. The number of piperidine rings is 1. The molecule has 1 N–H and O–H groups in total. The Balaban J connectivity index is 1.59. The average Bonchev–Trinajstić information content (AvgIpc) is 2.80. The Kier molecular flexibility index (Phi) is 9.27. The molecule has 35 heavy (non-hydrogen) atoms. The lowest BCUT2D eigenvalue weighted by atomic mass is 9.92. The van der Waals surface area contributed by atoms with Gasteiger partial charge in [-0.15, -0.1) is 0 Å². The van der Waals surface area contributed by atoms with Gasteiger partial charge in [0.25, 0.3) is 5.91 Å². The molecular weight excluding hydrogens is 467 g/mol.